The van der Waals surface area contributed by atoms with Gasteiger partial charge in [0.25, 0.3) is 0 Å². The summed E-state index contributed by atoms with van der Waals surface area (Å²) in [5.41, 5.74) is 14.9. The number of rotatable bonds is 5. The zero-order valence-corrected chi connectivity index (χ0v) is 9.32. The number of carbonyl (C=O) groups is 2. The molecule has 1 rings (SSSR count). The highest BCUT2D eigenvalue weighted by Gasteiger charge is 2.21. The maximum atomic E-state index is 13.6. The van der Waals surface area contributed by atoms with Crippen LogP contribution in [-0.4, -0.2) is 24.9 Å². The summed E-state index contributed by atoms with van der Waals surface area (Å²) in [5, 5.41) is 0. The minimum absolute atomic E-state index is 0.128. The second-order valence-corrected chi connectivity index (χ2v) is 3.59. The fourth-order valence-electron chi connectivity index (χ4n) is 1.47. The third-order valence-electron chi connectivity index (χ3n) is 2.11. The molecule has 1 aromatic rings. The lowest BCUT2D eigenvalue weighted by Gasteiger charge is -2.23. The molecule has 0 bridgehead atoms. The molecule has 0 radical (unpaired) electrons. The van der Waals surface area contributed by atoms with Crippen molar-refractivity contribution in [2.75, 3.05) is 23.7 Å². The van der Waals surface area contributed by atoms with Crippen LogP contribution in [0.15, 0.2) is 12.1 Å². The van der Waals surface area contributed by atoms with E-state index in [4.69, 9.17) is 17.2 Å². The third kappa shape index (κ3) is 3.06. The molecule has 0 aliphatic heterocycles. The average molecular weight is 258 g/mol. The molecule has 8 heteroatoms. The van der Waals surface area contributed by atoms with Crippen molar-refractivity contribution in [1.29, 1.82) is 0 Å². The van der Waals surface area contributed by atoms with E-state index in [0.29, 0.717) is 0 Å². The van der Waals surface area contributed by atoms with Crippen molar-refractivity contribution >= 4 is 23.2 Å². The number of halogens is 2. The van der Waals surface area contributed by atoms with Crippen LogP contribution < -0.4 is 22.1 Å². The predicted molar refractivity (Wildman–Crippen MR) is 61.4 cm³/mol. The predicted octanol–water partition coefficient (Wildman–Crippen LogP) is -0.676. The highest BCUT2D eigenvalue weighted by Crippen LogP contribution is 2.28. The highest BCUT2D eigenvalue weighted by molar-refractivity contribution is 5.87. The number of nitrogens with zero attached hydrogens (tertiary/aromatic N) is 1. The first kappa shape index (κ1) is 13.7. The van der Waals surface area contributed by atoms with Crippen molar-refractivity contribution in [2.45, 2.75) is 0 Å². The van der Waals surface area contributed by atoms with Crippen LogP contribution in [0.25, 0.3) is 0 Å². The van der Waals surface area contributed by atoms with Crippen molar-refractivity contribution in [3.63, 3.8) is 0 Å². The molecular formula is C10H12F2N4O2. The second kappa shape index (κ2) is 5.30. The van der Waals surface area contributed by atoms with E-state index in [-0.39, 0.29) is 5.69 Å². The van der Waals surface area contributed by atoms with Gasteiger partial charge in [0.1, 0.15) is 5.69 Å². The Morgan fingerprint density at radius 3 is 2.06 bits per heavy atom. The topological polar surface area (TPSA) is 115 Å². The van der Waals surface area contributed by atoms with E-state index < -0.39 is 42.2 Å². The number of nitrogen functional groups attached to an aromatic ring is 1. The Labute approximate surface area is 101 Å². The van der Waals surface area contributed by atoms with Gasteiger partial charge in [0.15, 0.2) is 11.6 Å². The molecule has 0 saturated carbocycles. The standard InChI is InChI=1S/C10H12F2N4O2/c11-5-1-2-6(13)10(9(5)12)16(3-7(14)17)4-8(15)18/h1-2H,3-4,13H2,(H2,14,17)(H2,15,18). The molecule has 18 heavy (non-hydrogen) atoms. The summed E-state index contributed by atoms with van der Waals surface area (Å²) in [6, 6.07) is 1.95. The van der Waals surface area contributed by atoms with Crippen LogP contribution >= 0.6 is 0 Å². The Morgan fingerprint density at radius 1 is 1.11 bits per heavy atom. The molecule has 0 atom stereocenters. The van der Waals surface area contributed by atoms with Gasteiger partial charge in [-0.3, -0.25) is 9.59 Å². The van der Waals surface area contributed by atoms with Crippen LogP contribution in [-0.2, 0) is 9.59 Å². The van der Waals surface area contributed by atoms with Gasteiger partial charge in [0.2, 0.25) is 11.8 Å². The van der Waals surface area contributed by atoms with E-state index in [1.165, 1.54) is 0 Å². The summed E-state index contributed by atoms with van der Waals surface area (Å²) in [6.07, 6.45) is 0. The number of benzene rings is 1. The van der Waals surface area contributed by atoms with Crippen molar-refractivity contribution in [1.82, 2.24) is 0 Å². The van der Waals surface area contributed by atoms with Crippen LogP contribution in [0, 0.1) is 11.6 Å². The van der Waals surface area contributed by atoms with Gasteiger partial charge in [-0.1, -0.05) is 0 Å². The zero-order chi connectivity index (χ0) is 13.9. The molecule has 0 unspecified atom stereocenters. The zero-order valence-electron chi connectivity index (χ0n) is 9.32. The van der Waals surface area contributed by atoms with E-state index in [9.17, 15) is 18.4 Å². The Balaban J connectivity index is 3.23. The van der Waals surface area contributed by atoms with Gasteiger partial charge >= 0.3 is 0 Å². The lowest BCUT2D eigenvalue weighted by molar-refractivity contribution is -0.117. The van der Waals surface area contributed by atoms with Crippen molar-refractivity contribution < 1.29 is 18.4 Å². The smallest absolute Gasteiger partial charge is 0.236 e. The minimum Gasteiger partial charge on any atom is -0.397 e. The normalized spacial score (nSPS) is 10.1. The molecular weight excluding hydrogens is 246 g/mol. The molecule has 1 aromatic carbocycles. The lowest BCUT2D eigenvalue weighted by Crippen LogP contribution is -2.40. The quantitative estimate of drug-likeness (QED) is 0.607. The van der Waals surface area contributed by atoms with Gasteiger partial charge in [-0.25, -0.2) is 8.78 Å². The molecule has 0 aliphatic carbocycles. The number of carbonyl (C=O) groups excluding carboxylic acids is 2. The number of nitrogens with two attached hydrogens (primary N) is 3. The Bertz CT molecular complexity index is 477. The molecule has 0 aromatic heterocycles. The third-order valence-corrected chi connectivity index (χ3v) is 2.11. The fraction of sp³-hybridized carbons (Fsp3) is 0.200. The number of hydrogen-bond acceptors (Lipinski definition) is 4. The summed E-state index contributed by atoms with van der Waals surface area (Å²) in [4.78, 5) is 22.6. The van der Waals surface area contributed by atoms with Gasteiger partial charge in [0.05, 0.1) is 18.8 Å². The van der Waals surface area contributed by atoms with E-state index >= 15 is 0 Å². The number of amides is 2. The average Bonchev–Trinajstić information content (AvgIpc) is 2.22. The van der Waals surface area contributed by atoms with Crippen LogP contribution in [0.3, 0.4) is 0 Å². The van der Waals surface area contributed by atoms with Gasteiger partial charge in [0, 0.05) is 0 Å². The summed E-state index contributed by atoms with van der Waals surface area (Å²) in [6.45, 7) is -1.01. The largest absolute Gasteiger partial charge is 0.397 e. The second-order valence-electron chi connectivity index (χ2n) is 3.59. The number of primary amides is 2. The Kier molecular flexibility index (Phi) is 4.03. The van der Waals surface area contributed by atoms with Gasteiger partial charge in [-0.2, -0.15) is 0 Å². The molecule has 98 valence electrons. The SMILES string of the molecule is NC(=O)CN(CC(N)=O)c1c(N)ccc(F)c1F. The summed E-state index contributed by atoms with van der Waals surface area (Å²) < 4.78 is 26.7. The van der Waals surface area contributed by atoms with Crippen LogP contribution in [0.2, 0.25) is 0 Å². The molecule has 0 saturated heterocycles. The molecule has 6 N–H and O–H groups in total. The van der Waals surface area contributed by atoms with Crippen molar-refractivity contribution in [2.24, 2.45) is 11.5 Å². The van der Waals surface area contributed by atoms with E-state index in [2.05, 4.69) is 0 Å². The Hall–Kier alpha value is -2.38. The summed E-state index contributed by atoms with van der Waals surface area (Å²) >= 11 is 0. The van der Waals surface area contributed by atoms with Gasteiger partial charge < -0.3 is 22.1 Å². The van der Waals surface area contributed by atoms with E-state index in [1.54, 1.807) is 0 Å². The molecule has 6 nitrogen and oxygen atoms in total. The number of anilines is 2. The molecule has 2 amide bonds. The monoisotopic (exact) mass is 258 g/mol. The fourth-order valence-corrected chi connectivity index (χ4v) is 1.47. The maximum Gasteiger partial charge on any atom is 0.236 e. The first-order chi connectivity index (χ1) is 8.32. The van der Waals surface area contributed by atoms with Crippen molar-refractivity contribution in [3.05, 3.63) is 23.8 Å². The molecule has 0 spiro atoms. The minimum atomic E-state index is -1.27. The summed E-state index contributed by atoms with van der Waals surface area (Å²) in [5.74, 6) is -4.09. The lowest BCUT2D eigenvalue weighted by atomic mass is 10.2. The summed E-state index contributed by atoms with van der Waals surface area (Å²) in [7, 11) is 0. The van der Waals surface area contributed by atoms with Crippen LogP contribution in [0.5, 0.6) is 0 Å². The molecule has 0 heterocycles. The van der Waals surface area contributed by atoms with Crippen LogP contribution in [0.4, 0.5) is 20.2 Å². The van der Waals surface area contributed by atoms with Crippen LogP contribution in [0.1, 0.15) is 0 Å². The van der Waals surface area contributed by atoms with Crippen molar-refractivity contribution in [3.8, 4) is 0 Å². The highest BCUT2D eigenvalue weighted by atomic mass is 19.2. The Morgan fingerprint density at radius 2 is 1.61 bits per heavy atom. The van der Waals surface area contributed by atoms with Gasteiger partial charge in [-0.15, -0.1) is 0 Å². The molecule has 0 aliphatic rings. The van der Waals surface area contributed by atoms with Gasteiger partial charge in [-0.05, 0) is 12.1 Å². The van der Waals surface area contributed by atoms with E-state index in [0.717, 1.165) is 17.0 Å². The number of hydrogen-bond donors (Lipinski definition) is 3. The molecule has 0 fully saturated rings. The first-order valence-electron chi connectivity index (χ1n) is 4.88. The van der Waals surface area contributed by atoms with E-state index in [1.807, 2.05) is 0 Å². The first-order valence-corrected chi connectivity index (χ1v) is 4.88. The maximum absolute atomic E-state index is 13.6.